The van der Waals surface area contributed by atoms with Gasteiger partial charge in [-0.05, 0) is 67.6 Å². The fourth-order valence-corrected chi connectivity index (χ4v) is 5.69. The maximum atomic E-state index is 13.3. The first-order chi connectivity index (χ1) is 18.2. The molecule has 1 amide bonds. The Morgan fingerprint density at radius 3 is 2.37 bits per heavy atom. The average Bonchev–Trinajstić information content (AvgIpc) is 3.18. The summed E-state index contributed by atoms with van der Waals surface area (Å²) in [6.07, 6.45) is 10.1. The zero-order valence-corrected chi connectivity index (χ0v) is 23.8. The van der Waals surface area contributed by atoms with E-state index in [0.717, 1.165) is 49.4 Å². The monoisotopic (exact) mass is 558 g/mol. The number of pyridine rings is 1. The summed E-state index contributed by atoms with van der Waals surface area (Å²) in [5.41, 5.74) is 4.12. The van der Waals surface area contributed by atoms with E-state index in [1.807, 2.05) is 24.0 Å². The Balaban J connectivity index is 0.000000279. The van der Waals surface area contributed by atoms with Crippen LogP contribution in [0.4, 0.5) is 14.5 Å². The van der Waals surface area contributed by atoms with Crippen LogP contribution in [0.3, 0.4) is 0 Å². The smallest absolute Gasteiger partial charge is 0.258 e. The van der Waals surface area contributed by atoms with Crippen molar-refractivity contribution in [3.8, 4) is 0 Å². The van der Waals surface area contributed by atoms with Crippen LogP contribution >= 0.6 is 23.2 Å². The second-order valence-electron chi connectivity index (χ2n) is 9.66. The highest BCUT2D eigenvalue weighted by molar-refractivity contribution is 6.34. The molecule has 0 unspecified atom stereocenters. The number of allylic oxidation sites excluding steroid dienone is 1. The number of carbonyl (C=O) groups is 1. The van der Waals surface area contributed by atoms with Gasteiger partial charge < -0.3 is 4.90 Å². The number of hydrogen-bond acceptors (Lipinski definition) is 2. The molecule has 1 aliphatic rings. The molecule has 202 valence electrons. The Kier molecular flexibility index (Phi) is 10.5. The number of amides is 1. The molecule has 0 spiro atoms. The molecule has 1 aromatic heterocycles. The highest BCUT2D eigenvalue weighted by atomic mass is 35.5. The van der Waals surface area contributed by atoms with Gasteiger partial charge in [0.2, 0.25) is 0 Å². The van der Waals surface area contributed by atoms with Crippen LogP contribution in [0.15, 0.2) is 54.7 Å². The van der Waals surface area contributed by atoms with Crippen molar-refractivity contribution in [2.75, 3.05) is 11.4 Å². The molecule has 1 aliphatic heterocycles. The molecular formula is C31H34Cl2F2N2O. The molecule has 0 fully saturated rings. The van der Waals surface area contributed by atoms with Gasteiger partial charge in [0.05, 0.1) is 10.7 Å². The largest absolute Gasteiger partial charge is 0.306 e. The van der Waals surface area contributed by atoms with Gasteiger partial charge in [0.15, 0.2) is 0 Å². The number of benzene rings is 2. The molecule has 2 aromatic carbocycles. The van der Waals surface area contributed by atoms with Crippen molar-refractivity contribution in [2.45, 2.75) is 65.2 Å². The van der Waals surface area contributed by atoms with Crippen LogP contribution in [0.1, 0.15) is 79.9 Å². The van der Waals surface area contributed by atoms with Crippen molar-refractivity contribution in [3.05, 3.63) is 98.8 Å². The van der Waals surface area contributed by atoms with Crippen LogP contribution in [-0.4, -0.2) is 17.4 Å². The lowest BCUT2D eigenvalue weighted by Gasteiger charge is -2.30. The maximum Gasteiger partial charge on any atom is 0.258 e. The van der Waals surface area contributed by atoms with Gasteiger partial charge in [0.1, 0.15) is 16.8 Å². The van der Waals surface area contributed by atoms with Crippen molar-refractivity contribution in [2.24, 2.45) is 0 Å². The molecule has 0 atom stereocenters. The van der Waals surface area contributed by atoms with E-state index in [9.17, 15) is 13.6 Å². The van der Waals surface area contributed by atoms with Crippen LogP contribution in [0.2, 0.25) is 10.2 Å². The number of aryl methyl sites for hydroxylation is 1. The van der Waals surface area contributed by atoms with Gasteiger partial charge in [-0.2, -0.15) is 0 Å². The second-order valence-corrected chi connectivity index (χ2v) is 10.5. The molecule has 7 heteroatoms. The number of anilines is 1. The van der Waals surface area contributed by atoms with E-state index in [1.165, 1.54) is 17.7 Å². The third-order valence-electron chi connectivity index (χ3n) is 6.68. The van der Waals surface area contributed by atoms with E-state index in [-0.39, 0.29) is 11.3 Å². The van der Waals surface area contributed by atoms with Crippen LogP contribution in [0.5, 0.6) is 0 Å². The third kappa shape index (κ3) is 6.81. The molecule has 0 saturated carbocycles. The van der Waals surface area contributed by atoms with Crippen LogP contribution in [0.25, 0.3) is 6.08 Å². The quantitative estimate of drug-likeness (QED) is 0.270. The maximum absolute atomic E-state index is 13.3. The van der Waals surface area contributed by atoms with Crippen LogP contribution in [0, 0.1) is 18.6 Å². The minimum absolute atomic E-state index is 0.0407. The van der Waals surface area contributed by atoms with E-state index in [1.54, 1.807) is 24.4 Å². The molecule has 0 saturated heterocycles. The number of aromatic nitrogens is 1. The van der Waals surface area contributed by atoms with E-state index in [4.69, 9.17) is 23.2 Å². The SMILES string of the molecule is CC/C=C/c1ccc(F)cc1F.CCCC1(CCC)CN(C(=O)c2ccnc(Cl)c2)c2c(Cl)cc(C)cc21. The number of fused-ring (bicyclic) bond motifs is 1. The Morgan fingerprint density at radius 2 is 1.76 bits per heavy atom. The van der Waals surface area contributed by atoms with Crippen molar-refractivity contribution >= 4 is 40.9 Å². The summed E-state index contributed by atoms with van der Waals surface area (Å²) in [4.78, 5) is 19.1. The minimum atomic E-state index is -0.541. The average molecular weight is 560 g/mol. The zero-order valence-electron chi connectivity index (χ0n) is 22.3. The Hall–Kier alpha value is -2.76. The van der Waals surface area contributed by atoms with E-state index in [0.29, 0.717) is 27.8 Å². The molecule has 0 radical (unpaired) electrons. The lowest BCUT2D eigenvalue weighted by Crippen LogP contribution is -2.37. The first kappa shape index (κ1) is 29.8. The molecule has 3 aromatic rings. The molecule has 4 rings (SSSR count). The molecule has 0 N–H and O–H groups in total. The Morgan fingerprint density at radius 1 is 1.05 bits per heavy atom. The summed E-state index contributed by atoms with van der Waals surface area (Å²) in [5.74, 6) is -1.13. The lowest BCUT2D eigenvalue weighted by atomic mass is 9.74. The predicted octanol–water partition coefficient (Wildman–Crippen LogP) is 9.58. The minimum Gasteiger partial charge on any atom is -0.306 e. The number of halogens is 4. The van der Waals surface area contributed by atoms with E-state index < -0.39 is 11.6 Å². The second kappa shape index (κ2) is 13.3. The topological polar surface area (TPSA) is 33.2 Å². The summed E-state index contributed by atoms with van der Waals surface area (Å²) in [5, 5.41) is 0.959. The third-order valence-corrected chi connectivity index (χ3v) is 7.18. The summed E-state index contributed by atoms with van der Waals surface area (Å²) < 4.78 is 25.3. The molecule has 0 bridgehead atoms. The Labute approximate surface area is 234 Å². The van der Waals surface area contributed by atoms with Gasteiger partial charge in [-0.1, -0.05) is 75.0 Å². The van der Waals surface area contributed by atoms with Crippen LogP contribution < -0.4 is 4.90 Å². The van der Waals surface area contributed by atoms with Gasteiger partial charge in [-0.25, -0.2) is 13.8 Å². The summed E-state index contributed by atoms with van der Waals surface area (Å²) in [6, 6.07) is 11.0. The molecule has 2 heterocycles. The summed E-state index contributed by atoms with van der Waals surface area (Å²) in [6.45, 7) is 9.06. The number of nitrogens with zero attached hydrogens (tertiary/aromatic N) is 2. The first-order valence-electron chi connectivity index (χ1n) is 13.0. The fraction of sp³-hybridized carbons (Fsp3) is 0.355. The van der Waals surface area contributed by atoms with Gasteiger partial charge in [-0.3, -0.25) is 4.79 Å². The Bertz CT molecular complexity index is 1300. The molecule has 38 heavy (non-hydrogen) atoms. The first-order valence-corrected chi connectivity index (χ1v) is 13.8. The predicted molar refractivity (Wildman–Crippen MR) is 154 cm³/mol. The highest BCUT2D eigenvalue weighted by Crippen LogP contribution is 2.50. The van der Waals surface area contributed by atoms with Gasteiger partial charge in [0, 0.05) is 35.3 Å². The normalized spacial score (nSPS) is 13.8. The van der Waals surface area contributed by atoms with Crippen molar-refractivity contribution in [1.29, 1.82) is 0 Å². The molecule has 0 aliphatic carbocycles. The van der Waals surface area contributed by atoms with Crippen molar-refractivity contribution in [3.63, 3.8) is 0 Å². The standard InChI is InChI=1S/C21H24Cl2N2O.C10H10F2/c1-4-7-21(8-5-2)13-25(19-16(21)10-14(3)11-17(19)22)20(26)15-6-9-24-18(23)12-15;1-2-3-4-8-5-6-9(11)7-10(8)12/h6,9-12H,4-5,7-8,13H2,1-3H3;3-7H,2H2,1H3/b;4-3+. The van der Waals surface area contributed by atoms with Crippen molar-refractivity contribution in [1.82, 2.24) is 4.98 Å². The van der Waals surface area contributed by atoms with Gasteiger partial charge in [0.25, 0.3) is 5.91 Å². The molecule has 3 nitrogen and oxygen atoms in total. The number of rotatable bonds is 7. The number of carbonyl (C=O) groups excluding carboxylic acids is 1. The fourth-order valence-electron chi connectivity index (χ4n) is 5.14. The zero-order chi connectivity index (χ0) is 27.9. The number of hydrogen-bond donors (Lipinski definition) is 0. The lowest BCUT2D eigenvalue weighted by molar-refractivity contribution is 0.0983. The van der Waals surface area contributed by atoms with Crippen molar-refractivity contribution < 1.29 is 13.6 Å². The van der Waals surface area contributed by atoms with E-state index >= 15 is 0 Å². The van der Waals surface area contributed by atoms with E-state index in [2.05, 4.69) is 31.8 Å². The van der Waals surface area contributed by atoms with Gasteiger partial charge >= 0.3 is 0 Å². The summed E-state index contributed by atoms with van der Waals surface area (Å²) in [7, 11) is 0. The molecular weight excluding hydrogens is 525 g/mol. The summed E-state index contributed by atoms with van der Waals surface area (Å²) >= 11 is 12.6. The van der Waals surface area contributed by atoms with Gasteiger partial charge in [-0.15, -0.1) is 0 Å². The highest BCUT2D eigenvalue weighted by Gasteiger charge is 2.44. The van der Waals surface area contributed by atoms with Crippen LogP contribution in [-0.2, 0) is 5.41 Å².